The van der Waals surface area contributed by atoms with Gasteiger partial charge in [-0.25, -0.2) is 4.39 Å². The predicted octanol–water partition coefficient (Wildman–Crippen LogP) is 4.25. The van der Waals surface area contributed by atoms with Crippen LogP contribution in [0.2, 0.25) is 5.02 Å². The molecule has 0 aliphatic heterocycles. The van der Waals surface area contributed by atoms with Crippen LogP contribution in [0.1, 0.15) is 21.5 Å². The van der Waals surface area contributed by atoms with E-state index in [4.69, 9.17) is 11.6 Å². The average Bonchev–Trinajstić information content (AvgIpc) is 2.61. The largest absolute Gasteiger partial charge is 0.322 e. The van der Waals surface area contributed by atoms with Gasteiger partial charge in [0.1, 0.15) is 11.4 Å². The zero-order valence-electron chi connectivity index (χ0n) is 14.0. The summed E-state index contributed by atoms with van der Waals surface area (Å²) >= 11 is 6.13. The van der Waals surface area contributed by atoms with Gasteiger partial charge in [0.25, 0.3) is 11.5 Å². The number of aryl methyl sites for hydroxylation is 1. The Balaban J connectivity index is 1.86. The SMILES string of the molecule is Cc1ccc(NC(=O)c2cccn(Cc3ccccc3Cl)c2=O)cc1F. The normalized spacial score (nSPS) is 10.6. The Kier molecular flexibility index (Phi) is 5.19. The third kappa shape index (κ3) is 3.83. The molecule has 0 aliphatic carbocycles. The van der Waals surface area contributed by atoms with Crippen LogP contribution < -0.4 is 10.9 Å². The first-order valence-electron chi connectivity index (χ1n) is 7.96. The summed E-state index contributed by atoms with van der Waals surface area (Å²) in [6, 6.07) is 14.6. The van der Waals surface area contributed by atoms with Gasteiger partial charge in [-0.05, 0) is 48.4 Å². The Bertz CT molecular complexity index is 1030. The minimum Gasteiger partial charge on any atom is -0.322 e. The van der Waals surface area contributed by atoms with E-state index in [2.05, 4.69) is 5.32 Å². The molecule has 1 N–H and O–H groups in total. The molecule has 1 amide bonds. The van der Waals surface area contributed by atoms with E-state index in [0.717, 1.165) is 5.56 Å². The lowest BCUT2D eigenvalue weighted by Gasteiger charge is -2.10. The number of amides is 1. The first-order valence-corrected chi connectivity index (χ1v) is 8.34. The molecule has 3 aromatic rings. The number of carbonyl (C=O) groups is 1. The number of carbonyl (C=O) groups excluding carboxylic acids is 1. The number of nitrogens with one attached hydrogen (secondary N) is 1. The maximum Gasteiger partial charge on any atom is 0.263 e. The Morgan fingerprint density at radius 2 is 1.92 bits per heavy atom. The van der Waals surface area contributed by atoms with Gasteiger partial charge < -0.3 is 9.88 Å². The van der Waals surface area contributed by atoms with Gasteiger partial charge in [-0.2, -0.15) is 0 Å². The molecular weight excluding hydrogens is 355 g/mol. The number of hydrogen-bond donors (Lipinski definition) is 1. The summed E-state index contributed by atoms with van der Waals surface area (Å²) in [4.78, 5) is 25.1. The number of aromatic nitrogens is 1. The molecule has 3 rings (SSSR count). The summed E-state index contributed by atoms with van der Waals surface area (Å²) in [6.07, 6.45) is 1.59. The minimum absolute atomic E-state index is 0.0273. The molecule has 0 bridgehead atoms. The van der Waals surface area contributed by atoms with Crippen LogP contribution in [-0.2, 0) is 6.54 Å². The summed E-state index contributed by atoms with van der Waals surface area (Å²) < 4.78 is 15.0. The maximum absolute atomic E-state index is 13.6. The van der Waals surface area contributed by atoms with Gasteiger partial charge in [0, 0.05) is 16.9 Å². The molecule has 0 spiro atoms. The molecule has 6 heteroatoms. The van der Waals surface area contributed by atoms with Gasteiger partial charge in [0.05, 0.1) is 6.54 Å². The Morgan fingerprint density at radius 3 is 2.65 bits per heavy atom. The van der Waals surface area contributed by atoms with E-state index in [-0.39, 0.29) is 12.1 Å². The fraction of sp³-hybridized carbons (Fsp3) is 0.100. The highest BCUT2D eigenvalue weighted by Gasteiger charge is 2.13. The van der Waals surface area contributed by atoms with Gasteiger partial charge in [0.2, 0.25) is 0 Å². The molecule has 1 heterocycles. The van der Waals surface area contributed by atoms with Crippen LogP contribution in [0.5, 0.6) is 0 Å². The Morgan fingerprint density at radius 1 is 1.15 bits per heavy atom. The van der Waals surface area contributed by atoms with Crippen LogP contribution in [0.15, 0.2) is 65.6 Å². The van der Waals surface area contributed by atoms with E-state index >= 15 is 0 Å². The molecule has 4 nitrogen and oxygen atoms in total. The van der Waals surface area contributed by atoms with Crippen LogP contribution in [0.4, 0.5) is 10.1 Å². The fourth-order valence-electron chi connectivity index (χ4n) is 2.51. The van der Waals surface area contributed by atoms with Gasteiger partial charge in [-0.1, -0.05) is 35.9 Å². The smallest absolute Gasteiger partial charge is 0.263 e. The number of nitrogens with zero attached hydrogens (tertiary/aromatic N) is 1. The first kappa shape index (κ1) is 17.9. The summed E-state index contributed by atoms with van der Waals surface area (Å²) in [5.74, 6) is -1.02. The molecule has 132 valence electrons. The molecule has 0 radical (unpaired) electrons. The van der Waals surface area contributed by atoms with Crippen molar-refractivity contribution >= 4 is 23.2 Å². The number of anilines is 1. The van der Waals surface area contributed by atoms with Crippen molar-refractivity contribution in [2.75, 3.05) is 5.32 Å². The van der Waals surface area contributed by atoms with Gasteiger partial charge >= 0.3 is 0 Å². The fourth-order valence-corrected chi connectivity index (χ4v) is 2.71. The van der Waals surface area contributed by atoms with Crippen molar-refractivity contribution in [3.05, 3.63) is 98.7 Å². The molecule has 0 atom stereocenters. The third-order valence-corrected chi connectivity index (χ3v) is 4.36. The Hall–Kier alpha value is -2.92. The zero-order valence-corrected chi connectivity index (χ0v) is 14.8. The summed E-state index contributed by atoms with van der Waals surface area (Å²) in [5.41, 5.74) is 1.07. The maximum atomic E-state index is 13.6. The second kappa shape index (κ2) is 7.54. The summed E-state index contributed by atoms with van der Waals surface area (Å²) in [5, 5.41) is 3.10. The highest BCUT2D eigenvalue weighted by atomic mass is 35.5. The van der Waals surface area contributed by atoms with Crippen molar-refractivity contribution in [2.45, 2.75) is 13.5 Å². The standard InChI is InChI=1S/C20H16ClFN2O2/c1-13-8-9-15(11-18(13)22)23-19(25)16-6-4-10-24(20(16)26)12-14-5-2-3-7-17(14)21/h2-11H,12H2,1H3,(H,23,25). The van der Waals surface area contributed by atoms with Crippen molar-refractivity contribution in [2.24, 2.45) is 0 Å². The number of halogens is 2. The minimum atomic E-state index is -0.591. The van der Waals surface area contributed by atoms with Crippen LogP contribution in [0.3, 0.4) is 0 Å². The number of benzene rings is 2. The summed E-state index contributed by atoms with van der Waals surface area (Å²) in [7, 11) is 0. The molecule has 2 aromatic carbocycles. The first-order chi connectivity index (χ1) is 12.5. The molecular formula is C20H16ClFN2O2. The Labute approximate surface area is 154 Å². The van der Waals surface area contributed by atoms with Crippen molar-refractivity contribution in [3.63, 3.8) is 0 Å². The van der Waals surface area contributed by atoms with E-state index in [1.807, 2.05) is 12.1 Å². The van der Waals surface area contributed by atoms with Crippen LogP contribution in [0, 0.1) is 12.7 Å². The zero-order chi connectivity index (χ0) is 18.7. The number of hydrogen-bond acceptors (Lipinski definition) is 2. The van der Waals surface area contributed by atoms with Crippen molar-refractivity contribution in [3.8, 4) is 0 Å². The van der Waals surface area contributed by atoms with Crippen LogP contribution in [0.25, 0.3) is 0 Å². The molecule has 0 aliphatic rings. The lowest BCUT2D eigenvalue weighted by atomic mass is 10.2. The monoisotopic (exact) mass is 370 g/mol. The topological polar surface area (TPSA) is 51.1 Å². The second-order valence-corrected chi connectivity index (χ2v) is 6.27. The van der Waals surface area contributed by atoms with E-state index in [9.17, 15) is 14.0 Å². The number of rotatable bonds is 4. The molecule has 0 fully saturated rings. The van der Waals surface area contributed by atoms with E-state index in [1.165, 1.54) is 16.7 Å². The molecule has 0 saturated heterocycles. The number of pyridine rings is 1. The highest BCUT2D eigenvalue weighted by molar-refractivity contribution is 6.31. The quantitative estimate of drug-likeness (QED) is 0.746. The molecule has 0 saturated carbocycles. The van der Waals surface area contributed by atoms with Crippen molar-refractivity contribution in [1.82, 2.24) is 4.57 Å². The highest BCUT2D eigenvalue weighted by Crippen LogP contribution is 2.16. The third-order valence-electron chi connectivity index (χ3n) is 3.99. The average molecular weight is 371 g/mol. The van der Waals surface area contributed by atoms with Crippen molar-refractivity contribution in [1.29, 1.82) is 0 Å². The summed E-state index contributed by atoms with van der Waals surface area (Å²) in [6.45, 7) is 1.88. The second-order valence-electron chi connectivity index (χ2n) is 5.86. The van der Waals surface area contributed by atoms with E-state index in [0.29, 0.717) is 16.3 Å². The molecule has 26 heavy (non-hydrogen) atoms. The molecule has 0 unspecified atom stereocenters. The van der Waals surface area contributed by atoms with E-state index in [1.54, 1.807) is 43.5 Å². The predicted molar refractivity (Wildman–Crippen MR) is 100 cm³/mol. The van der Waals surface area contributed by atoms with Crippen molar-refractivity contribution < 1.29 is 9.18 Å². The lowest BCUT2D eigenvalue weighted by Crippen LogP contribution is -2.29. The van der Waals surface area contributed by atoms with Gasteiger partial charge in [-0.15, -0.1) is 0 Å². The van der Waals surface area contributed by atoms with E-state index < -0.39 is 17.3 Å². The van der Waals surface area contributed by atoms with Crippen LogP contribution in [-0.4, -0.2) is 10.5 Å². The van der Waals surface area contributed by atoms with Crippen LogP contribution >= 0.6 is 11.6 Å². The lowest BCUT2D eigenvalue weighted by molar-refractivity contribution is 0.102. The van der Waals surface area contributed by atoms with Gasteiger partial charge in [0.15, 0.2) is 0 Å². The van der Waals surface area contributed by atoms with Gasteiger partial charge in [-0.3, -0.25) is 9.59 Å². The molecule has 1 aromatic heterocycles.